The molecule has 1 aromatic rings. The number of hydrogen-bond acceptors (Lipinski definition) is 3. The number of halogens is 3. The van der Waals surface area contributed by atoms with Crippen LogP contribution in [0.15, 0.2) is 30.9 Å². The molecule has 0 bridgehead atoms. The van der Waals surface area contributed by atoms with Gasteiger partial charge in [-0.3, -0.25) is 11.3 Å². The van der Waals surface area contributed by atoms with Gasteiger partial charge in [-0.2, -0.15) is 13.2 Å². The summed E-state index contributed by atoms with van der Waals surface area (Å²) in [4.78, 5) is 0. The highest BCUT2D eigenvalue weighted by Gasteiger charge is 2.31. The summed E-state index contributed by atoms with van der Waals surface area (Å²) in [6, 6.07) is 2.81. The summed E-state index contributed by atoms with van der Waals surface area (Å²) in [6.45, 7) is 3.56. The van der Waals surface area contributed by atoms with E-state index in [9.17, 15) is 13.2 Å². The first-order valence-corrected chi connectivity index (χ1v) is 5.43. The van der Waals surface area contributed by atoms with Crippen molar-refractivity contribution in [3.63, 3.8) is 0 Å². The SMILES string of the molecule is C=CCCC(NN)c1cc(C(F)(F)F)ccc1N. The molecule has 0 saturated carbocycles. The predicted molar refractivity (Wildman–Crippen MR) is 65.4 cm³/mol. The van der Waals surface area contributed by atoms with Crippen LogP contribution < -0.4 is 17.0 Å². The van der Waals surface area contributed by atoms with E-state index < -0.39 is 17.8 Å². The minimum atomic E-state index is -4.39. The largest absolute Gasteiger partial charge is 0.416 e. The number of alkyl halides is 3. The van der Waals surface area contributed by atoms with Crippen LogP contribution in [0.1, 0.15) is 30.0 Å². The Morgan fingerprint density at radius 2 is 2.06 bits per heavy atom. The van der Waals surface area contributed by atoms with E-state index in [0.29, 0.717) is 18.4 Å². The van der Waals surface area contributed by atoms with Crippen LogP contribution in [0.2, 0.25) is 0 Å². The zero-order valence-corrected chi connectivity index (χ0v) is 9.80. The molecule has 0 saturated heterocycles. The first-order valence-electron chi connectivity index (χ1n) is 5.43. The molecule has 0 aliphatic heterocycles. The summed E-state index contributed by atoms with van der Waals surface area (Å²) in [6.07, 6.45) is -1.55. The summed E-state index contributed by atoms with van der Waals surface area (Å²) in [5.74, 6) is 5.35. The fraction of sp³-hybridized carbons (Fsp3) is 0.333. The molecule has 3 nitrogen and oxygen atoms in total. The van der Waals surface area contributed by atoms with Crippen LogP contribution in [0.25, 0.3) is 0 Å². The zero-order valence-electron chi connectivity index (χ0n) is 9.80. The van der Waals surface area contributed by atoms with Gasteiger partial charge < -0.3 is 5.73 Å². The molecule has 0 spiro atoms. The number of benzene rings is 1. The van der Waals surface area contributed by atoms with Crippen LogP contribution in [0.3, 0.4) is 0 Å². The lowest BCUT2D eigenvalue weighted by Crippen LogP contribution is -2.28. The summed E-state index contributed by atoms with van der Waals surface area (Å²) in [7, 11) is 0. The van der Waals surface area contributed by atoms with Crippen molar-refractivity contribution in [3.05, 3.63) is 42.0 Å². The van der Waals surface area contributed by atoms with E-state index in [-0.39, 0.29) is 5.69 Å². The maximum atomic E-state index is 12.6. The first-order chi connectivity index (χ1) is 8.40. The Morgan fingerprint density at radius 3 is 2.56 bits per heavy atom. The maximum Gasteiger partial charge on any atom is 0.416 e. The molecular weight excluding hydrogens is 243 g/mol. The summed E-state index contributed by atoms with van der Waals surface area (Å²) < 4.78 is 37.8. The van der Waals surface area contributed by atoms with Gasteiger partial charge >= 0.3 is 6.18 Å². The van der Waals surface area contributed by atoms with E-state index in [1.54, 1.807) is 6.08 Å². The lowest BCUT2D eigenvalue weighted by molar-refractivity contribution is -0.137. The molecule has 0 aromatic heterocycles. The van der Waals surface area contributed by atoms with E-state index in [1.165, 1.54) is 6.07 Å². The minimum Gasteiger partial charge on any atom is -0.398 e. The topological polar surface area (TPSA) is 64.1 Å². The van der Waals surface area contributed by atoms with Crippen LogP contribution in [0.4, 0.5) is 18.9 Å². The van der Waals surface area contributed by atoms with Crippen LogP contribution in [-0.2, 0) is 6.18 Å². The Hall–Kier alpha value is -1.53. The Morgan fingerprint density at radius 1 is 1.39 bits per heavy atom. The van der Waals surface area contributed by atoms with Gasteiger partial charge in [0.05, 0.1) is 5.56 Å². The first kappa shape index (κ1) is 14.5. The van der Waals surface area contributed by atoms with Gasteiger partial charge in [0, 0.05) is 11.7 Å². The lowest BCUT2D eigenvalue weighted by atomic mass is 9.98. The number of hydrogen-bond donors (Lipinski definition) is 3. The van der Waals surface area contributed by atoms with Crippen molar-refractivity contribution in [2.75, 3.05) is 5.73 Å². The fourth-order valence-corrected chi connectivity index (χ4v) is 1.67. The van der Waals surface area contributed by atoms with E-state index in [1.807, 2.05) is 0 Å². The van der Waals surface area contributed by atoms with Crippen molar-refractivity contribution in [2.45, 2.75) is 25.1 Å². The Labute approximate surface area is 104 Å². The smallest absolute Gasteiger partial charge is 0.398 e. The van der Waals surface area contributed by atoms with Gasteiger partial charge in [-0.05, 0) is 36.6 Å². The molecular formula is C12H16F3N3. The van der Waals surface area contributed by atoms with Crippen molar-refractivity contribution >= 4 is 5.69 Å². The fourth-order valence-electron chi connectivity index (χ4n) is 1.67. The van der Waals surface area contributed by atoms with Gasteiger partial charge in [0.2, 0.25) is 0 Å². The van der Waals surface area contributed by atoms with Crippen LogP contribution >= 0.6 is 0 Å². The minimum absolute atomic E-state index is 0.287. The van der Waals surface area contributed by atoms with Crippen LogP contribution in [0.5, 0.6) is 0 Å². The Balaban J connectivity index is 3.08. The number of nitrogens with two attached hydrogens (primary N) is 2. The number of nitrogen functional groups attached to an aromatic ring is 1. The summed E-state index contributed by atoms with van der Waals surface area (Å²) >= 11 is 0. The molecule has 18 heavy (non-hydrogen) atoms. The predicted octanol–water partition coefficient (Wildman–Crippen LogP) is 2.76. The molecule has 0 radical (unpaired) electrons. The van der Waals surface area contributed by atoms with Gasteiger partial charge in [0.1, 0.15) is 0 Å². The molecule has 1 atom stereocenters. The standard InChI is InChI=1S/C12H16F3N3/c1-2-3-4-11(18-17)9-7-8(12(13,14)15)5-6-10(9)16/h2,5-7,11,18H,1,3-4,16-17H2. The van der Waals surface area contributed by atoms with E-state index in [2.05, 4.69) is 12.0 Å². The number of anilines is 1. The van der Waals surface area contributed by atoms with Crippen molar-refractivity contribution in [1.82, 2.24) is 5.43 Å². The van der Waals surface area contributed by atoms with E-state index in [0.717, 1.165) is 12.1 Å². The average molecular weight is 259 g/mol. The third kappa shape index (κ3) is 3.48. The highest BCUT2D eigenvalue weighted by Crippen LogP contribution is 2.33. The van der Waals surface area contributed by atoms with E-state index >= 15 is 0 Å². The highest BCUT2D eigenvalue weighted by molar-refractivity contribution is 5.50. The highest BCUT2D eigenvalue weighted by atomic mass is 19.4. The second-order valence-corrected chi connectivity index (χ2v) is 3.93. The average Bonchev–Trinajstić information content (AvgIpc) is 2.30. The molecule has 100 valence electrons. The molecule has 1 unspecified atom stereocenters. The van der Waals surface area contributed by atoms with Gasteiger partial charge in [-0.25, -0.2) is 0 Å². The third-order valence-corrected chi connectivity index (χ3v) is 2.65. The van der Waals surface area contributed by atoms with Crippen molar-refractivity contribution in [3.8, 4) is 0 Å². The van der Waals surface area contributed by atoms with E-state index in [4.69, 9.17) is 11.6 Å². The Bertz CT molecular complexity index is 416. The van der Waals surface area contributed by atoms with Gasteiger partial charge in [-0.1, -0.05) is 6.08 Å². The molecule has 0 aliphatic rings. The van der Waals surface area contributed by atoms with Crippen molar-refractivity contribution in [1.29, 1.82) is 0 Å². The maximum absolute atomic E-state index is 12.6. The van der Waals surface area contributed by atoms with Crippen molar-refractivity contribution in [2.24, 2.45) is 5.84 Å². The third-order valence-electron chi connectivity index (χ3n) is 2.65. The second kappa shape index (κ2) is 5.88. The van der Waals surface area contributed by atoms with Crippen LogP contribution in [0, 0.1) is 0 Å². The monoisotopic (exact) mass is 259 g/mol. The number of rotatable bonds is 5. The second-order valence-electron chi connectivity index (χ2n) is 3.93. The summed E-state index contributed by atoms with van der Waals surface area (Å²) in [5.41, 5.74) is 8.08. The summed E-state index contributed by atoms with van der Waals surface area (Å²) in [5, 5.41) is 0. The normalized spacial score (nSPS) is 13.3. The molecule has 1 rings (SSSR count). The molecule has 0 amide bonds. The van der Waals surface area contributed by atoms with Gasteiger partial charge in [-0.15, -0.1) is 6.58 Å². The van der Waals surface area contributed by atoms with Crippen molar-refractivity contribution < 1.29 is 13.2 Å². The lowest BCUT2D eigenvalue weighted by Gasteiger charge is -2.19. The molecule has 0 fully saturated rings. The van der Waals surface area contributed by atoms with Crippen LogP contribution in [-0.4, -0.2) is 0 Å². The molecule has 0 heterocycles. The number of hydrazine groups is 1. The number of allylic oxidation sites excluding steroid dienone is 1. The van der Waals surface area contributed by atoms with Gasteiger partial charge in [0.25, 0.3) is 0 Å². The molecule has 1 aromatic carbocycles. The Kier molecular flexibility index (Phi) is 4.75. The zero-order chi connectivity index (χ0) is 13.8. The quantitative estimate of drug-likeness (QED) is 0.330. The van der Waals surface area contributed by atoms with Gasteiger partial charge in [0.15, 0.2) is 0 Å². The molecule has 6 heteroatoms. The number of nitrogens with one attached hydrogen (secondary N) is 1. The molecule has 5 N–H and O–H groups in total. The molecule has 0 aliphatic carbocycles.